The first-order chi connectivity index (χ1) is 10.5. The lowest BCUT2D eigenvalue weighted by molar-refractivity contribution is -0.132. The Bertz CT molecular complexity index is 735. The summed E-state index contributed by atoms with van der Waals surface area (Å²) in [5.74, 6) is -0.0455. The molecule has 2 aromatic rings. The highest BCUT2D eigenvalue weighted by molar-refractivity contribution is 5.98. The summed E-state index contributed by atoms with van der Waals surface area (Å²) in [4.78, 5) is 32.3. The number of aromatic nitrogens is 1. The fourth-order valence-corrected chi connectivity index (χ4v) is 2.84. The van der Waals surface area contributed by atoms with E-state index in [1.165, 1.54) is 4.90 Å². The predicted molar refractivity (Wildman–Crippen MR) is 81.5 cm³/mol. The number of hydrogen-bond acceptors (Lipinski definition) is 4. The Balaban J connectivity index is 1.89. The fourth-order valence-electron chi connectivity index (χ4n) is 2.84. The Hall–Kier alpha value is -2.37. The minimum absolute atomic E-state index is 0.0454. The predicted octanol–water partition coefficient (Wildman–Crippen LogP) is 1.83. The van der Waals surface area contributed by atoms with Crippen molar-refractivity contribution in [3.8, 4) is 0 Å². The van der Waals surface area contributed by atoms with Gasteiger partial charge in [0.1, 0.15) is 11.6 Å². The van der Waals surface area contributed by atoms with Crippen molar-refractivity contribution in [2.24, 2.45) is 0 Å². The van der Waals surface area contributed by atoms with Gasteiger partial charge in [-0.15, -0.1) is 0 Å². The van der Waals surface area contributed by atoms with E-state index < -0.39 is 6.04 Å². The molecular formula is C16H19N3O3. The third-order valence-electron chi connectivity index (χ3n) is 3.96. The Morgan fingerprint density at radius 1 is 1.36 bits per heavy atom. The van der Waals surface area contributed by atoms with Crippen LogP contribution in [-0.4, -0.2) is 53.3 Å². The van der Waals surface area contributed by atoms with Crippen LogP contribution in [0, 0.1) is 6.92 Å². The number of fused-ring (bicyclic) bond motifs is 1. The maximum Gasteiger partial charge on any atom is 0.290 e. The van der Waals surface area contributed by atoms with E-state index in [-0.39, 0.29) is 17.6 Å². The highest BCUT2D eigenvalue weighted by Crippen LogP contribution is 2.24. The number of aryl methyl sites for hydroxylation is 1. The Kier molecular flexibility index (Phi) is 3.60. The van der Waals surface area contributed by atoms with Crippen molar-refractivity contribution in [3.63, 3.8) is 0 Å². The molecule has 1 saturated heterocycles. The second-order valence-corrected chi connectivity index (χ2v) is 5.84. The summed E-state index contributed by atoms with van der Waals surface area (Å²) in [6.07, 6.45) is 1.52. The molecule has 1 atom stereocenters. The van der Waals surface area contributed by atoms with Gasteiger partial charge >= 0.3 is 0 Å². The molecular weight excluding hydrogens is 282 g/mol. The number of likely N-dealkylation sites (tertiary alicyclic amines) is 1. The van der Waals surface area contributed by atoms with Crippen molar-refractivity contribution in [2.75, 3.05) is 20.6 Å². The van der Waals surface area contributed by atoms with Gasteiger partial charge < -0.3 is 14.2 Å². The standard InChI is InChI=1S/C16H19N3O3/c1-10-6-7-13-11(17-10)9-14(22-13)16(21)19-8-4-5-12(19)15(20)18(2)3/h6-7,9,12H,4-5,8H2,1-3H3. The minimum Gasteiger partial charge on any atom is -0.449 e. The molecule has 1 aliphatic rings. The quantitative estimate of drug-likeness (QED) is 0.848. The molecule has 2 amide bonds. The number of nitrogens with zero attached hydrogens (tertiary/aromatic N) is 3. The Morgan fingerprint density at radius 3 is 2.86 bits per heavy atom. The summed E-state index contributed by atoms with van der Waals surface area (Å²) in [5, 5.41) is 0. The lowest BCUT2D eigenvalue weighted by atomic mass is 10.2. The van der Waals surface area contributed by atoms with Crippen molar-refractivity contribution < 1.29 is 14.0 Å². The SMILES string of the molecule is Cc1ccc2oc(C(=O)N3CCCC3C(=O)N(C)C)cc2n1. The first-order valence-corrected chi connectivity index (χ1v) is 7.36. The van der Waals surface area contributed by atoms with Crippen molar-refractivity contribution in [1.82, 2.24) is 14.8 Å². The van der Waals surface area contributed by atoms with E-state index >= 15 is 0 Å². The van der Waals surface area contributed by atoms with E-state index in [2.05, 4.69) is 4.98 Å². The van der Waals surface area contributed by atoms with Gasteiger partial charge in [-0.25, -0.2) is 4.98 Å². The number of furan rings is 1. The zero-order chi connectivity index (χ0) is 15.9. The maximum atomic E-state index is 12.7. The molecule has 0 aliphatic carbocycles. The highest BCUT2D eigenvalue weighted by atomic mass is 16.3. The van der Waals surface area contributed by atoms with E-state index in [0.717, 1.165) is 12.1 Å². The van der Waals surface area contributed by atoms with Gasteiger partial charge in [0.25, 0.3) is 5.91 Å². The molecule has 22 heavy (non-hydrogen) atoms. The molecule has 116 valence electrons. The number of pyridine rings is 1. The number of carbonyl (C=O) groups is 2. The summed E-state index contributed by atoms with van der Waals surface area (Å²) in [5.41, 5.74) is 2.12. The van der Waals surface area contributed by atoms with E-state index in [1.54, 1.807) is 31.1 Å². The van der Waals surface area contributed by atoms with Crippen molar-refractivity contribution in [1.29, 1.82) is 0 Å². The number of hydrogen-bond donors (Lipinski definition) is 0. The molecule has 6 heteroatoms. The molecule has 0 aromatic carbocycles. The first-order valence-electron chi connectivity index (χ1n) is 7.36. The number of carbonyl (C=O) groups excluding carboxylic acids is 2. The van der Waals surface area contributed by atoms with Crippen molar-refractivity contribution >= 4 is 22.9 Å². The molecule has 1 unspecified atom stereocenters. The van der Waals surface area contributed by atoms with Crippen molar-refractivity contribution in [2.45, 2.75) is 25.8 Å². The van der Waals surface area contributed by atoms with Gasteiger partial charge in [-0.3, -0.25) is 9.59 Å². The number of rotatable bonds is 2. The molecule has 2 aromatic heterocycles. The molecule has 3 heterocycles. The summed E-state index contributed by atoms with van der Waals surface area (Å²) >= 11 is 0. The molecule has 3 rings (SSSR count). The third kappa shape index (κ3) is 2.45. The summed E-state index contributed by atoms with van der Waals surface area (Å²) in [6, 6.07) is 4.90. The van der Waals surface area contributed by atoms with Gasteiger partial charge in [-0.1, -0.05) is 0 Å². The first kappa shape index (κ1) is 14.6. The summed E-state index contributed by atoms with van der Waals surface area (Å²) in [6.45, 7) is 2.47. The molecule has 0 N–H and O–H groups in total. The molecule has 6 nitrogen and oxygen atoms in total. The third-order valence-corrected chi connectivity index (χ3v) is 3.96. The van der Waals surface area contributed by atoms with E-state index in [4.69, 9.17) is 4.42 Å². The van der Waals surface area contributed by atoms with Gasteiger partial charge in [0.05, 0.1) is 0 Å². The second-order valence-electron chi connectivity index (χ2n) is 5.84. The van der Waals surface area contributed by atoms with Gasteiger partial charge in [0.2, 0.25) is 5.91 Å². The van der Waals surface area contributed by atoms with Crippen LogP contribution in [0.1, 0.15) is 29.1 Å². The summed E-state index contributed by atoms with van der Waals surface area (Å²) < 4.78 is 5.61. The maximum absolute atomic E-state index is 12.7. The average Bonchev–Trinajstić information content (AvgIpc) is 3.11. The van der Waals surface area contributed by atoms with Crippen LogP contribution in [0.25, 0.3) is 11.1 Å². The monoisotopic (exact) mass is 301 g/mol. The van der Waals surface area contributed by atoms with Crippen LogP contribution >= 0.6 is 0 Å². The van der Waals surface area contributed by atoms with Crippen LogP contribution in [0.15, 0.2) is 22.6 Å². The average molecular weight is 301 g/mol. The lowest BCUT2D eigenvalue weighted by Gasteiger charge is -2.25. The van der Waals surface area contributed by atoms with E-state index in [1.807, 2.05) is 13.0 Å². The zero-order valence-electron chi connectivity index (χ0n) is 13.0. The Labute approximate surface area is 128 Å². The molecule has 0 bridgehead atoms. The van der Waals surface area contributed by atoms with Crippen molar-refractivity contribution in [3.05, 3.63) is 29.7 Å². The van der Waals surface area contributed by atoms with Crippen LogP contribution in [-0.2, 0) is 4.79 Å². The van der Waals surface area contributed by atoms with Gasteiger partial charge in [-0.2, -0.15) is 0 Å². The van der Waals surface area contributed by atoms with E-state index in [0.29, 0.717) is 24.1 Å². The van der Waals surface area contributed by atoms with Crippen LogP contribution < -0.4 is 0 Å². The van der Waals surface area contributed by atoms with Crippen LogP contribution in [0.5, 0.6) is 0 Å². The van der Waals surface area contributed by atoms with Gasteiger partial charge in [-0.05, 0) is 31.9 Å². The molecule has 0 radical (unpaired) electrons. The van der Waals surface area contributed by atoms with Crippen LogP contribution in [0.2, 0.25) is 0 Å². The smallest absolute Gasteiger partial charge is 0.290 e. The Morgan fingerprint density at radius 2 is 2.14 bits per heavy atom. The van der Waals surface area contributed by atoms with Gasteiger partial charge in [0.15, 0.2) is 11.3 Å². The zero-order valence-corrected chi connectivity index (χ0v) is 13.0. The minimum atomic E-state index is -0.398. The molecule has 1 fully saturated rings. The molecule has 0 spiro atoms. The van der Waals surface area contributed by atoms with Crippen LogP contribution in [0.3, 0.4) is 0 Å². The molecule has 1 aliphatic heterocycles. The van der Waals surface area contributed by atoms with Crippen LogP contribution in [0.4, 0.5) is 0 Å². The lowest BCUT2D eigenvalue weighted by Crippen LogP contribution is -2.45. The topological polar surface area (TPSA) is 66.7 Å². The second kappa shape index (κ2) is 5.44. The van der Waals surface area contributed by atoms with E-state index in [9.17, 15) is 9.59 Å². The number of amides is 2. The summed E-state index contributed by atoms with van der Waals surface area (Å²) in [7, 11) is 3.41. The highest BCUT2D eigenvalue weighted by Gasteiger charge is 2.36. The van der Waals surface area contributed by atoms with Gasteiger partial charge in [0, 0.05) is 32.4 Å². The largest absolute Gasteiger partial charge is 0.449 e. The number of likely N-dealkylation sites (N-methyl/N-ethyl adjacent to an activating group) is 1. The molecule has 0 saturated carbocycles. The fraction of sp³-hybridized carbons (Fsp3) is 0.438. The normalized spacial score (nSPS) is 18.0.